The Bertz CT molecular complexity index is 783. The predicted octanol–water partition coefficient (Wildman–Crippen LogP) is 5.78. The predicted molar refractivity (Wildman–Crippen MR) is 124 cm³/mol. The van der Waals surface area contributed by atoms with Gasteiger partial charge in [0.05, 0.1) is 12.2 Å². The molecule has 3 rings (SSSR count). The first kappa shape index (κ1) is 23.2. The quantitative estimate of drug-likeness (QED) is 0.399. The summed E-state index contributed by atoms with van der Waals surface area (Å²) < 4.78 is 13.1. The van der Waals surface area contributed by atoms with Crippen molar-refractivity contribution in [2.24, 2.45) is 17.8 Å². The number of rotatable bonds is 9. The summed E-state index contributed by atoms with van der Waals surface area (Å²) in [7, 11) is -1.88. The van der Waals surface area contributed by atoms with Gasteiger partial charge in [0.2, 0.25) is 0 Å². The highest BCUT2D eigenvalue weighted by Gasteiger charge is 2.50. The Kier molecular flexibility index (Phi) is 6.95. The van der Waals surface area contributed by atoms with Crippen LogP contribution in [0.25, 0.3) is 6.08 Å². The Balaban J connectivity index is 1.75. The lowest BCUT2D eigenvalue weighted by molar-refractivity contribution is -0.131. The van der Waals surface area contributed by atoms with Gasteiger partial charge in [-0.25, -0.2) is 4.79 Å². The Hall–Kier alpha value is -1.43. The van der Waals surface area contributed by atoms with Crippen molar-refractivity contribution < 1.29 is 19.1 Å². The second-order valence-corrected chi connectivity index (χ2v) is 15.0. The molecule has 2 aliphatic heterocycles. The monoisotopic (exact) mass is 430 g/mol. The van der Waals surface area contributed by atoms with Gasteiger partial charge in [-0.05, 0) is 66.4 Å². The number of fused-ring (bicyclic) bond motifs is 2. The van der Waals surface area contributed by atoms with Gasteiger partial charge in [0.25, 0.3) is 0 Å². The van der Waals surface area contributed by atoms with Crippen LogP contribution in [0.4, 0.5) is 0 Å². The molecule has 1 aromatic rings. The molecule has 2 fully saturated rings. The van der Waals surface area contributed by atoms with E-state index in [4.69, 9.17) is 14.3 Å². The Morgan fingerprint density at radius 1 is 1.23 bits per heavy atom. The molecule has 4 nitrogen and oxygen atoms in total. The molecule has 2 bridgehead atoms. The van der Waals surface area contributed by atoms with Crippen molar-refractivity contribution in [3.8, 4) is 0 Å². The van der Waals surface area contributed by atoms with E-state index in [1.165, 1.54) is 11.6 Å². The molecule has 2 saturated heterocycles. The van der Waals surface area contributed by atoms with Crippen molar-refractivity contribution in [2.45, 2.75) is 77.3 Å². The molecule has 2 aliphatic rings. The van der Waals surface area contributed by atoms with E-state index in [1.807, 2.05) is 18.2 Å². The van der Waals surface area contributed by atoms with Crippen molar-refractivity contribution in [2.75, 3.05) is 6.61 Å². The molecule has 1 aromatic carbocycles. The van der Waals surface area contributed by atoms with Crippen molar-refractivity contribution in [1.82, 2.24) is 0 Å². The van der Waals surface area contributed by atoms with Crippen LogP contribution in [0, 0.1) is 17.8 Å². The van der Waals surface area contributed by atoms with Gasteiger partial charge in [-0.2, -0.15) is 0 Å². The van der Waals surface area contributed by atoms with E-state index >= 15 is 0 Å². The maximum absolute atomic E-state index is 11.0. The third kappa shape index (κ3) is 4.73. The fourth-order valence-corrected chi connectivity index (χ4v) is 7.24. The summed E-state index contributed by atoms with van der Waals surface area (Å²) in [4.78, 5) is 11.0. The zero-order valence-corrected chi connectivity index (χ0v) is 20.4. The van der Waals surface area contributed by atoms with Gasteiger partial charge in [-0.3, -0.25) is 0 Å². The molecule has 4 atom stereocenters. The SMILES string of the molecule is CC(C)C(C)(C)[Si](C)(C)OC[C@H]1[C@@H](Cc2ccccc2C=CC(=O)O)[C@@H]2CC[C@H]1O2. The van der Waals surface area contributed by atoms with Crippen LogP contribution in [0.2, 0.25) is 18.1 Å². The fraction of sp³-hybridized carbons (Fsp3) is 0.640. The Labute approximate surface area is 182 Å². The van der Waals surface area contributed by atoms with Crippen LogP contribution >= 0.6 is 0 Å². The molecule has 0 unspecified atom stereocenters. The van der Waals surface area contributed by atoms with E-state index in [-0.39, 0.29) is 5.04 Å². The Morgan fingerprint density at radius 2 is 1.87 bits per heavy atom. The van der Waals surface area contributed by atoms with E-state index in [0.717, 1.165) is 31.4 Å². The van der Waals surface area contributed by atoms with Crippen molar-refractivity contribution in [3.05, 3.63) is 41.5 Å². The molecule has 0 saturated carbocycles. The lowest BCUT2D eigenvalue weighted by Crippen LogP contribution is -2.47. The van der Waals surface area contributed by atoms with E-state index < -0.39 is 14.3 Å². The minimum absolute atomic E-state index is 0.204. The summed E-state index contributed by atoms with van der Waals surface area (Å²) in [5.74, 6) is 0.503. The van der Waals surface area contributed by atoms with E-state index in [9.17, 15) is 4.79 Å². The molecular formula is C25H38O4Si. The summed E-state index contributed by atoms with van der Waals surface area (Å²) in [5, 5.41) is 9.21. The van der Waals surface area contributed by atoms with Crippen LogP contribution in [-0.2, 0) is 20.4 Å². The van der Waals surface area contributed by atoms with Gasteiger partial charge in [0, 0.05) is 18.6 Å². The summed E-state index contributed by atoms with van der Waals surface area (Å²) >= 11 is 0. The lowest BCUT2D eigenvalue weighted by atomic mass is 9.76. The van der Waals surface area contributed by atoms with Gasteiger partial charge in [0.15, 0.2) is 8.32 Å². The highest BCUT2D eigenvalue weighted by atomic mass is 28.4. The summed E-state index contributed by atoms with van der Waals surface area (Å²) in [5.41, 5.74) is 2.18. The number of ether oxygens (including phenoxy) is 1. The van der Waals surface area contributed by atoms with Crippen LogP contribution in [0.1, 0.15) is 51.7 Å². The third-order valence-electron chi connectivity index (χ3n) is 8.14. The van der Waals surface area contributed by atoms with Crippen LogP contribution in [0.15, 0.2) is 30.3 Å². The average Bonchev–Trinajstić information content (AvgIpc) is 3.27. The maximum atomic E-state index is 11.0. The molecule has 0 aromatic heterocycles. The smallest absolute Gasteiger partial charge is 0.328 e. The van der Waals surface area contributed by atoms with Crippen LogP contribution in [-0.4, -0.2) is 38.2 Å². The first-order valence-electron chi connectivity index (χ1n) is 11.3. The number of carboxylic acids is 1. The van der Waals surface area contributed by atoms with Crippen LogP contribution < -0.4 is 0 Å². The van der Waals surface area contributed by atoms with Crippen molar-refractivity contribution in [1.29, 1.82) is 0 Å². The molecule has 1 N–H and O–H groups in total. The lowest BCUT2D eigenvalue weighted by Gasteiger charge is -2.43. The van der Waals surface area contributed by atoms with Gasteiger partial charge in [-0.1, -0.05) is 52.0 Å². The maximum Gasteiger partial charge on any atom is 0.328 e. The zero-order chi connectivity index (χ0) is 22.1. The van der Waals surface area contributed by atoms with Gasteiger partial charge >= 0.3 is 5.97 Å². The first-order chi connectivity index (χ1) is 14.0. The molecule has 0 amide bonds. The summed E-state index contributed by atoms with van der Waals surface area (Å²) in [6.07, 6.45) is 6.68. The first-order valence-corrected chi connectivity index (χ1v) is 14.2. The third-order valence-corrected chi connectivity index (χ3v) is 12.7. The number of hydrogen-bond acceptors (Lipinski definition) is 3. The number of benzene rings is 1. The number of carbonyl (C=O) groups is 1. The second-order valence-electron chi connectivity index (χ2n) is 10.4. The Morgan fingerprint density at radius 3 is 2.50 bits per heavy atom. The number of carboxylic acid groups (broad SMARTS) is 1. The minimum atomic E-state index is -1.88. The van der Waals surface area contributed by atoms with Gasteiger partial charge in [-0.15, -0.1) is 0 Å². The molecule has 2 heterocycles. The topological polar surface area (TPSA) is 55.8 Å². The molecular weight excluding hydrogens is 392 g/mol. The largest absolute Gasteiger partial charge is 0.478 e. The number of aliphatic carboxylic acids is 1. The van der Waals surface area contributed by atoms with Crippen molar-refractivity contribution >= 4 is 20.4 Å². The molecule has 30 heavy (non-hydrogen) atoms. The highest BCUT2D eigenvalue weighted by Crippen LogP contribution is 2.48. The summed E-state index contributed by atoms with van der Waals surface area (Å²) in [6.45, 7) is 14.8. The van der Waals surface area contributed by atoms with E-state index in [1.54, 1.807) is 6.08 Å². The van der Waals surface area contributed by atoms with Gasteiger partial charge < -0.3 is 14.3 Å². The molecule has 166 valence electrons. The highest BCUT2D eigenvalue weighted by molar-refractivity contribution is 6.74. The van der Waals surface area contributed by atoms with E-state index in [2.05, 4.69) is 46.9 Å². The molecule has 0 spiro atoms. The normalized spacial score (nSPS) is 26.8. The van der Waals surface area contributed by atoms with Gasteiger partial charge in [0.1, 0.15) is 0 Å². The zero-order valence-electron chi connectivity index (χ0n) is 19.4. The standard InChI is InChI=1S/C25H38O4Si/c1-17(2)25(3,4)30(5,6)28-16-21-20(22-12-13-23(21)29-22)15-19-10-8-7-9-18(19)11-14-24(26)27/h7-11,14,17,20-23H,12-13,15-16H2,1-6H3,(H,26,27)/t20-,21+,22+,23-/m1/s1. The van der Waals surface area contributed by atoms with Crippen LogP contribution in [0.3, 0.4) is 0 Å². The fourth-order valence-electron chi connectivity index (χ4n) is 4.87. The molecule has 5 heteroatoms. The average molecular weight is 431 g/mol. The van der Waals surface area contributed by atoms with Crippen molar-refractivity contribution in [3.63, 3.8) is 0 Å². The van der Waals surface area contributed by atoms with Crippen LogP contribution in [0.5, 0.6) is 0 Å². The molecule has 0 aliphatic carbocycles. The minimum Gasteiger partial charge on any atom is -0.478 e. The number of hydrogen-bond donors (Lipinski definition) is 1. The van der Waals surface area contributed by atoms with E-state index in [0.29, 0.717) is 30.0 Å². The summed E-state index contributed by atoms with van der Waals surface area (Å²) in [6, 6.07) is 8.11. The molecule has 0 radical (unpaired) electrons. The second kappa shape index (κ2) is 8.97.